The summed E-state index contributed by atoms with van der Waals surface area (Å²) < 4.78 is 17.6. The number of carbonyl (C=O) groups excluding carboxylic acids is 2. The van der Waals surface area contributed by atoms with E-state index in [1.54, 1.807) is 11.8 Å². The summed E-state index contributed by atoms with van der Waals surface area (Å²) in [4.78, 5) is 23.0. The molecular weight excluding hydrogens is 267 g/mol. The van der Waals surface area contributed by atoms with Gasteiger partial charge in [0, 0.05) is 24.2 Å². The Morgan fingerprint density at radius 2 is 1.89 bits per heavy atom. The molecule has 3 nitrogen and oxygen atoms in total. The number of Topliss-reactive ketones (excluding diaryl/α,β-unsaturated/α-hetero) is 1. The topological polar surface area (TPSA) is 43.4 Å². The summed E-state index contributed by atoms with van der Waals surface area (Å²) in [6.45, 7) is 0.409. The van der Waals surface area contributed by atoms with Crippen molar-refractivity contribution in [3.63, 3.8) is 0 Å². The van der Waals surface area contributed by atoms with E-state index in [1.165, 1.54) is 24.3 Å². The molecule has 0 amide bonds. The lowest BCUT2D eigenvalue weighted by Gasteiger charge is -2.03. The van der Waals surface area contributed by atoms with Crippen molar-refractivity contribution in [2.45, 2.75) is 19.3 Å². The van der Waals surface area contributed by atoms with Gasteiger partial charge in [0.05, 0.1) is 0 Å². The van der Waals surface area contributed by atoms with Crippen LogP contribution in [0.5, 0.6) is 0 Å². The number of esters is 1. The highest BCUT2D eigenvalue weighted by Gasteiger charge is 2.08. The monoisotopic (exact) mass is 284 g/mol. The van der Waals surface area contributed by atoms with Crippen LogP contribution in [0.1, 0.15) is 29.6 Å². The van der Waals surface area contributed by atoms with E-state index in [9.17, 15) is 14.0 Å². The third kappa shape index (κ3) is 6.38. The van der Waals surface area contributed by atoms with E-state index in [4.69, 9.17) is 4.74 Å². The molecule has 0 fully saturated rings. The van der Waals surface area contributed by atoms with Gasteiger partial charge >= 0.3 is 5.97 Å². The van der Waals surface area contributed by atoms with Gasteiger partial charge in [0.2, 0.25) is 0 Å². The fourth-order valence-electron chi connectivity index (χ4n) is 1.48. The molecule has 1 aromatic rings. The standard InChI is InChI=1S/C14H17FO3S/c1-19-10-9-18-14(17)4-2-3-13(16)11-5-7-12(15)8-6-11/h5-8H,2-4,9-10H2,1H3. The quantitative estimate of drug-likeness (QED) is 0.418. The van der Waals surface area contributed by atoms with Gasteiger partial charge in [0.15, 0.2) is 5.78 Å². The highest BCUT2D eigenvalue weighted by molar-refractivity contribution is 7.98. The summed E-state index contributed by atoms with van der Waals surface area (Å²) in [7, 11) is 0. The zero-order valence-corrected chi connectivity index (χ0v) is 11.7. The number of carbonyl (C=O) groups is 2. The highest BCUT2D eigenvalue weighted by atomic mass is 32.2. The first-order chi connectivity index (χ1) is 9.13. The van der Waals surface area contributed by atoms with Gasteiger partial charge in [0.25, 0.3) is 0 Å². The number of halogens is 1. The number of hydrogen-bond acceptors (Lipinski definition) is 4. The molecule has 104 valence electrons. The van der Waals surface area contributed by atoms with E-state index in [0.717, 1.165) is 5.75 Å². The average molecular weight is 284 g/mol. The molecule has 1 aromatic carbocycles. The van der Waals surface area contributed by atoms with E-state index in [0.29, 0.717) is 18.6 Å². The smallest absolute Gasteiger partial charge is 0.305 e. The van der Waals surface area contributed by atoms with Crippen LogP contribution < -0.4 is 0 Å². The van der Waals surface area contributed by atoms with Crippen LogP contribution in [0.3, 0.4) is 0 Å². The number of benzene rings is 1. The molecule has 19 heavy (non-hydrogen) atoms. The van der Waals surface area contributed by atoms with E-state index in [1.807, 2.05) is 6.26 Å². The first-order valence-corrected chi connectivity index (χ1v) is 7.46. The Labute approximate surface area is 116 Å². The maximum atomic E-state index is 12.7. The molecule has 0 atom stereocenters. The van der Waals surface area contributed by atoms with Gasteiger partial charge in [-0.3, -0.25) is 9.59 Å². The van der Waals surface area contributed by atoms with Gasteiger partial charge in [0.1, 0.15) is 12.4 Å². The van der Waals surface area contributed by atoms with Crippen molar-refractivity contribution in [1.82, 2.24) is 0 Å². The number of thioether (sulfide) groups is 1. The third-order valence-electron chi connectivity index (χ3n) is 2.50. The molecule has 0 aliphatic rings. The summed E-state index contributed by atoms with van der Waals surface area (Å²) in [5.41, 5.74) is 0.470. The first kappa shape index (κ1) is 15.7. The van der Waals surface area contributed by atoms with Crippen LogP contribution in [-0.2, 0) is 9.53 Å². The summed E-state index contributed by atoms with van der Waals surface area (Å²) in [6.07, 6.45) is 2.90. The van der Waals surface area contributed by atoms with E-state index in [-0.39, 0.29) is 30.4 Å². The predicted octanol–water partition coefficient (Wildman–Crippen LogP) is 3.08. The maximum absolute atomic E-state index is 12.7. The molecule has 0 spiro atoms. The normalized spacial score (nSPS) is 10.2. The Hall–Kier alpha value is -1.36. The fourth-order valence-corrected chi connectivity index (χ4v) is 1.73. The van der Waals surface area contributed by atoms with Gasteiger partial charge in [-0.15, -0.1) is 0 Å². The minimum Gasteiger partial charge on any atom is -0.465 e. The largest absolute Gasteiger partial charge is 0.465 e. The van der Waals surface area contributed by atoms with Gasteiger partial charge < -0.3 is 4.74 Å². The van der Waals surface area contributed by atoms with Gasteiger partial charge in [-0.2, -0.15) is 11.8 Å². The second-order valence-corrected chi connectivity index (χ2v) is 4.98. The van der Waals surface area contributed by atoms with Crippen LogP contribution in [0.15, 0.2) is 24.3 Å². The molecule has 0 saturated carbocycles. The van der Waals surface area contributed by atoms with Gasteiger partial charge in [-0.1, -0.05) is 0 Å². The summed E-state index contributed by atoms with van der Waals surface area (Å²) in [5, 5.41) is 0. The molecule has 5 heteroatoms. The second kappa shape index (κ2) is 8.69. The Kier molecular flexibility index (Phi) is 7.18. The second-order valence-electron chi connectivity index (χ2n) is 4.00. The highest BCUT2D eigenvalue weighted by Crippen LogP contribution is 2.09. The molecular formula is C14H17FO3S. The van der Waals surface area contributed by atoms with Crippen LogP contribution in [0.25, 0.3) is 0 Å². The zero-order valence-electron chi connectivity index (χ0n) is 10.9. The Bertz CT molecular complexity index is 417. The average Bonchev–Trinajstić information content (AvgIpc) is 2.39. The summed E-state index contributed by atoms with van der Waals surface area (Å²) in [6, 6.07) is 5.41. The van der Waals surface area contributed by atoms with Gasteiger partial charge in [-0.05, 0) is 36.9 Å². The summed E-state index contributed by atoms with van der Waals surface area (Å²) >= 11 is 1.61. The zero-order chi connectivity index (χ0) is 14.1. The summed E-state index contributed by atoms with van der Waals surface area (Å²) in [5.74, 6) is 0.0482. The van der Waals surface area contributed by atoms with Crippen LogP contribution in [0, 0.1) is 5.82 Å². The van der Waals surface area contributed by atoms with Crippen LogP contribution in [-0.4, -0.2) is 30.4 Å². The predicted molar refractivity (Wildman–Crippen MR) is 73.9 cm³/mol. The van der Waals surface area contributed by atoms with E-state index < -0.39 is 0 Å². The van der Waals surface area contributed by atoms with Crippen LogP contribution in [0.4, 0.5) is 4.39 Å². The van der Waals surface area contributed by atoms with Crippen molar-refractivity contribution < 1.29 is 18.7 Å². The Morgan fingerprint density at radius 1 is 1.21 bits per heavy atom. The number of hydrogen-bond donors (Lipinski definition) is 0. The molecule has 0 aliphatic carbocycles. The third-order valence-corrected chi connectivity index (χ3v) is 3.08. The Morgan fingerprint density at radius 3 is 2.53 bits per heavy atom. The lowest BCUT2D eigenvalue weighted by molar-refractivity contribution is -0.143. The van der Waals surface area contributed by atoms with Crippen molar-refractivity contribution in [2.75, 3.05) is 18.6 Å². The number of ketones is 1. The first-order valence-electron chi connectivity index (χ1n) is 6.07. The molecule has 1 rings (SSSR count). The molecule has 0 bridgehead atoms. The molecule has 0 heterocycles. The molecule has 0 saturated heterocycles. The SMILES string of the molecule is CSCCOC(=O)CCCC(=O)c1ccc(F)cc1. The van der Waals surface area contributed by atoms with Gasteiger partial charge in [-0.25, -0.2) is 4.39 Å². The molecule has 0 unspecified atom stereocenters. The van der Waals surface area contributed by atoms with Crippen molar-refractivity contribution in [3.05, 3.63) is 35.6 Å². The molecule has 0 N–H and O–H groups in total. The minimum absolute atomic E-state index is 0.0862. The number of ether oxygens (including phenoxy) is 1. The Balaban J connectivity index is 2.23. The lowest BCUT2D eigenvalue weighted by atomic mass is 10.1. The van der Waals surface area contributed by atoms with Crippen LogP contribution >= 0.6 is 11.8 Å². The molecule has 0 radical (unpaired) electrons. The van der Waals surface area contributed by atoms with E-state index >= 15 is 0 Å². The lowest BCUT2D eigenvalue weighted by Crippen LogP contribution is -2.08. The fraction of sp³-hybridized carbons (Fsp3) is 0.429. The van der Waals surface area contributed by atoms with Crippen molar-refractivity contribution in [2.24, 2.45) is 0 Å². The van der Waals surface area contributed by atoms with Crippen molar-refractivity contribution in [1.29, 1.82) is 0 Å². The maximum Gasteiger partial charge on any atom is 0.305 e. The molecule has 0 aromatic heterocycles. The van der Waals surface area contributed by atoms with Crippen LogP contribution in [0.2, 0.25) is 0 Å². The van der Waals surface area contributed by atoms with Crippen molar-refractivity contribution >= 4 is 23.5 Å². The van der Waals surface area contributed by atoms with E-state index in [2.05, 4.69) is 0 Å². The molecule has 0 aliphatic heterocycles. The minimum atomic E-state index is -0.367. The van der Waals surface area contributed by atoms with Crippen molar-refractivity contribution in [3.8, 4) is 0 Å². The number of rotatable bonds is 8.